The second kappa shape index (κ2) is 9.06. The van der Waals surface area contributed by atoms with Gasteiger partial charge in [0.1, 0.15) is 23.2 Å². The topological polar surface area (TPSA) is 66.0 Å². The SMILES string of the molecule is N#C/C(=C\c1ccc(-c2ccc(Cl)cc2Cl)o1)C(=O)Nc1ccc(C(F)(F)F)c(Cl)c1. The number of carbonyl (C=O) groups is 1. The highest BCUT2D eigenvalue weighted by Crippen LogP contribution is 2.36. The van der Waals surface area contributed by atoms with Gasteiger partial charge in [0, 0.05) is 22.3 Å². The number of hydrogen-bond acceptors (Lipinski definition) is 3. The number of halogens is 6. The number of rotatable bonds is 4. The highest BCUT2D eigenvalue weighted by Gasteiger charge is 2.33. The molecule has 0 bridgehead atoms. The van der Waals surface area contributed by atoms with Crippen LogP contribution in [0.1, 0.15) is 11.3 Å². The molecule has 0 atom stereocenters. The van der Waals surface area contributed by atoms with E-state index in [1.807, 2.05) is 0 Å². The number of carbonyl (C=O) groups excluding carboxylic acids is 1. The van der Waals surface area contributed by atoms with Gasteiger partial charge in [-0.1, -0.05) is 34.8 Å². The van der Waals surface area contributed by atoms with Crippen LogP contribution in [0, 0.1) is 11.3 Å². The molecule has 158 valence electrons. The quantitative estimate of drug-likeness (QED) is 0.308. The average Bonchev–Trinajstić information content (AvgIpc) is 3.13. The molecule has 0 spiro atoms. The summed E-state index contributed by atoms with van der Waals surface area (Å²) in [5.74, 6) is -0.265. The Morgan fingerprint density at radius 2 is 1.77 bits per heavy atom. The fourth-order valence-corrected chi connectivity index (χ4v) is 3.37. The van der Waals surface area contributed by atoms with E-state index in [4.69, 9.17) is 39.2 Å². The Morgan fingerprint density at radius 1 is 1.03 bits per heavy atom. The van der Waals surface area contributed by atoms with Gasteiger partial charge < -0.3 is 9.73 Å². The first kappa shape index (κ1) is 22.8. The molecule has 1 amide bonds. The second-order valence-electron chi connectivity index (χ2n) is 6.14. The summed E-state index contributed by atoms with van der Waals surface area (Å²) in [5.41, 5.74) is -0.809. The van der Waals surface area contributed by atoms with E-state index < -0.39 is 22.7 Å². The lowest BCUT2D eigenvalue weighted by Gasteiger charge is -2.10. The van der Waals surface area contributed by atoms with Gasteiger partial charge >= 0.3 is 6.18 Å². The molecule has 3 rings (SSSR count). The number of benzene rings is 2. The Balaban J connectivity index is 1.81. The molecule has 0 saturated heterocycles. The molecule has 0 aliphatic rings. The molecule has 1 aromatic heterocycles. The number of amides is 1. The van der Waals surface area contributed by atoms with Crippen LogP contribution in [-0.2, 0) is 11.0 Å². The maximum Gasteiger partial charge on any atom is 0.417 e. The van der Waals surface area contributed by atoms with Crippen molar-refractivity contribution in [3.05, 3.63) is 80.5 Å². The lowest BCUT2D eigenvalue weighted by Crippen LogP contribution is -2.14. The molecule has 31 heavy (non-hydrogen) atoms. The van der Waals surface area contributed by atoms with Crippen LogP contribution in [0.15, 0.2) is 58.5 Å². The fourth-order valence-electron chi connectivity index (χ4n) is 2.58. The van der Waals surface area contributed by atoms with E-state index >= 15 is 0 Å². The van der Waals surface area contributed by atoms with Crippen molar-refractivity contribution in [2.75, 3.05) is 5.32 Å². The second-order valence-corrected chi connectivity index (χ2v) is 7.39. The Kier molecular flexibility index (Phi) is 6.65. The van der Waals surface area contributed by atoms with Crippen LogP contribution in [0.5, 0.6) is 0 Å². The van der Waals surface area contributed by atoms with Gasteiger partial charge in [0.05, 0.1) is 15.6 Å². The average molecular weight is 486 g/mol. The first-order valence-corrected chi connectivity index (χ1v) is 9.57. The normalized spacial score (nSPS) is 11.8. The van der Waals surface area contributed by atoms with Crippen LogP contribution in [0.2, 0.25) is 15.1 Å². The summed E-state index contributed by atoms with van der Waals surface area (Å²) < 4.78 is 44.0. The molecule has 1 heterocycles. The van der Waals surface area contributed by atoms with Crippen LogP contribution in [-0.4, -0.2) is 5.91 Å². The van der Waals surface area contributed by atoms with Gasteiger partial charge in [-0.15, -0.1) is 0 Å². The minimum atomic E-state index is -4.62. The van der Waals surface area contributed by atoms with Crippen LogP contribution < -0.4 is 5.32 Å². The third kappa shape index (κ3) is 5.42. The third-order valence-corrected chi connectivity index (χ3v) is 4.87. The molecule has 4 nitrogen and oxygen atoms in total. The molecule has 3 aromatic rings. The van der Waals surface area contributed by atoms with Crippen molar-refractivity contribution in [3.8, 4) is 17.4 Å². The Bertz CT molecular complexity index is 1230. The monoisotopic (exact) mass is 484 g/mol. The molecule has 0 saturated carbocycles. The zero-order chi connectivity index (χ0) is 22.8. The number of anilines is 1. The molecule has 1 N–H and O–H groups in total. The zero-order valence-electron chi connectivity index (χ0n) is 15.2. The van der Waals surface area contributed by atoms with Crippen molar-refractivity contribution >= 4 is 52.5 Å². The van der Waals surface area contributed by atoms with E-state index in [-0.39, 0.29) is 17.0 Å². The lowest BCUT2D eigenvalue weighted by atomic mass is 10.1. The number of hydrogen-bond donors (Lipinski definition) is 1. The highest BCUT2D eigenvalue weighted by atomic mass is 35.5. The van der Waals surface area contributed by atoms with Crippen molar-refractivity contribution in [3.63, 3.8) is 0 Å². The van der Waals surface area contributed by atoms with E-state index in [0.29, 0.717) is 21.4 Å². The largest absolute Gasteiger partial charge is 0.457 e. The number of nitrogens with one attached hydrogen (secondary N) is 1. The third-order valence-electron chi connectivity index (χ3n) is 4.01. The van der Waals surface area contributed by atoms with Gasteiger partial charge in [-0.2, -0.15) is 18.4 Å². The fraction of sp³-hybridized carbons (Fsp3) is 0.0476. The highest BCUT2D eigenvalue weighted by molar-refractivity contribution is 6.36. The predicted octanol–water partition coefficient (Wildman–Crippen LogP) is 7.47. The van der Waals surface area contributed by atoms with Crippen molar-refractivity contribution in [1.82, 2.24) is 0 Å². The van der Waals surface area contributed by atoms with E-state index in [0.717, 1.165) is 18.2 Å². The van der Waals surface area contributed by atoms with E-state index in [1.54, 1.807) is 30.3 Å². The predicted molar refractivity (Wildman–Crippen MR) is 113 cm³/mol. The van der Waals surface area contributed by atoms with Crippen LogP contribution in [0.25, 0.3) is 17.4 Å². The molecule has 0 aliphatic carbocycles. The van der Waals surface area contributed by atoms with Gasteiger partial charge in [0.25, 0.3) is 5.91 Å². The Hall–Kier alpha value is -2.92. The lowest BCUT2D eigenvalue weighted by molar-refractivity contribution is -0.137. The number of alkyl halides is 3. The first-order chi connectivity index (χ1) is 14.6. The summed E-state index contributed by atoms with van der Waals surface area (Å²) in [5, 5.41) is 11.9. The number of nitriles is 1. The van der Waals surface area contributed by atoms with E-state index in [9.17, 15) is 23.2 Å². The van der Waals surface area contributed by atoms with E-state index in [1.165, 1.54) is 12.1 Å². The minimum Gasteiger partial charge on any atom is -0.457 e. The standard InChI is InChI=1S/C21H10Cl3F3N2O2/c22-12-1-4-15(17(23)8-12)19-6-3-14(31-19)7-11(10-28)20(30)29-13-2-5-16(18(24)9-13)21(25,26)27/h1-9H,(H,29,30)/b11-7+. The van der Waals surface area contributed by atoms with Crippen LogP contribution in [0.3, 0.4) is 0 Å². The zero-order valence-corrected chi connectivity index (χ0v) is 17.5. The van der Waals surface area contributed by atoms with Gasteiger partial charge in [-0.3, -0.25) is 4.79 Å². The summed E-state index contributed by atoms with van der Waals surface area (Å²) >= 11 is 17.7. The summed E-state index contributed by atoms with van der Waals surface area (Å²) in [7, 11) is 0. The van der Waals surface area contributed by atoms with Gasteiger partial charge in [-0.25, -0.2) is 0 Å². The number of furan rings is 1. The summed E-state index contributed by atoms with van der Waals surface area (Å²) in [6.45, 7) is 0. The molecule has 0 fully saturated rings. The van der Waals surface area contributed by atoms with Gasteiger partial charge in [-0.05, 0) is 48.5 Å². The van der Waals surface area contributed by atoms with Crippen LogP contribution >= 0.6 is 34.8 Å². The van der Waals surface area contributed by atoms with Gasteiger partial charge in [0.2, 0.25) is 0 Å². The van der Waals surface area contributed by atoms with Crippen molar-refractivity contribution in [1.29, 1.82) is 5.26 Å². The molecular weight excluding hydrogens is 476 g/mol. The molecular formula is C21H10Cl3F3N2O2. The molecule has 2 aromatic carbocycles. The summed E-state index contributed by atoms with van der Waals surface area (Å²) in [6.07, 6.45) is -3.43. The summed E-state index contributed by atoms with van der Waals surface area (Å²) in [6, 6.07) is 12.4. The number of nitrogens with zero attached hydrogens (tertiary/aromatic N) is 1. The maximum absolute atomic E-state index is 12.8. The molecule has 0 unspecified atom stereocenters. The van der Waals surface area contributed by atoms with Crippen LogP contribution in [0.4, 0.5) is 18.9 Å². The molecule has 0 radical (unpaired) electrons. The molecule has 0 aliphatic heterocycles. The van der Waals surface area contributed by atoms with Crippen molar-refractivity contribution in [2.24, 2.45) is 0 Å². The summed E-state index contributed by atoms with van der Waals surface area (Å²) in [4.78, 5) is 12.4. The Morgan fingerprint density at radius 3 is 2.39 bits per heavy atom. The first-order valence-electron chi connectivity index (χ1n) is 8.43. The Labute approximate surface area is 189 Å². The van der Waals surface area contributed by atoms with Gasteiger partial charge in [0.15, 0.2) is 0 Å². The van der Waals surface area contributed by atoms with E-state index in [2.05, 4.69) is 5.32 Å². The minimum absolute atomic E-state index is 0.00256. The smallest absolute Gasteiger partial charge is 0.417 e. The van der Waals surface area contributed by atoms with Crippen molar-refractivity contribution in [2.45, 2.75) is 6.18 Å². The molecule has 10 heteroatoms. The van der Waals surface area contributed by atoms with Crippen molar-refractivity contribution < 1.29 is 22.4 Å². The maximum atomic E-state index is 12.8.